The minimum absolute atomic E-state index is 0.00147. The predicted molar refractivity (Wildman–Crippen MR) is 86.7 cm³/mol. The van der Waals surface area contributed by atoms with Gasteiger partial charge in [-0.15, -0.1) is 0 Å². The van der Waals surface area contributed by atoms with Crippen molar-refractivity contribution in [2.24, 2.45) is 0 Å². The van der Waals surface area contributed by atoms with E-state index in [1.165, 1.54) is 0 Å². The molecule has 122 valence electrons. The molecular formula is C17H17N5O2. The fourth-order valence-corrected chi connectivity index (χ4v) is 2.87. The van der Waals surface area contributed by atoms with Gasteiger partial charge in [0.05, 0.1) is 24.0 Å². The fourth-order valence-electron chi connectivity index (χ4n) is 2.87. The Morgan fingerprint density at radius 3 is 2.79 bits per heavy atom. The number of carbonyl (C=O) groups excluding carboxylic acids is 2. The Balaban J connectivity index is 1.63. The smallest absolute Gasteiger partial charge is 0.313 e. The van der Waals surface area contributed by atoms with Gasteiger partial charge in [0.1, 0.15) is 0 Å². The van der Waals surface area contributed by atoms with Gasteiger partial charge >= 0.3 is 11.8 Å². The second kappa shape index (κ2) is 6.96. The summed E-state index contributed by atoms with van der Waals surface area (Å²) >= 11 is 0. The number of carbonyl (C=O) groups is 2. The largest absolute Gasteiger partial charge is 0.335 e. The summed E-state index contributed by atoms with van der Waals surface area (Å²) in [5, 5.41) is 11.4. The van der Waals surface area contributed by atoms with Gasteiger partial charge in [0.2, 0.25) is 0 Å². The van der Waals surface area contributed by atoms with Gasteiger partial charge in [-0.1, -0.05) is 0 Å². The highest BCUT2D eigenvalue weighted by atomic mass is 16.2. The Kier molecular flexibility index (Phi) is 4.57. The molecule has 1 saturated heterocycles. The van der Waals surface area contributed by atoms with E-state index < -0.39 is 11.8 Å². The van der Waals surface area contributed by atoms with Crippen molar-refractivity contribution >= 4 is 17.5 Å². The second-order valence-electron chi connectivity index (χ2n) is 5.70. The molecule has 2 heterocycles. The van der Waals surface area contributed by atoms with Gasteiger partial charge in [-0.3, -0.25) is 9.59 Å². The Morgan fingerprint density at radius 2 is 2.12 bits per heavy atom. The number of likely N-dealkylation sites (tertiary alicyclic amines) is 1. The summed E-state index contributed by atoms with van der Waals surface area (Å²) in [5.41, 5.74) is 0.997. The van der Waals surface area contributed by atoms with Crippen LogP contribution in [-0.4, -0.2) is 38.9 Å². The van der Waals surface area contributed by atoms with Crippen molar-refractivity contribution in [3.63, 3.8) is 0 Å². The van der Waals surface area contributed by atoms with Crippen molar-refractivity contribution in [2.45, 2.75) is 25.4 Å². The van der Waals surface area contributed by atoms with Crippen LogP contribution in [0.15, 0.2) is 43.0 Å². The third kappa shape index (κ3) is 3.43. The number of amides is 2. The maximum Gasteiger partial charge on any atom is 0.313 e. The summed E-state index contributed by atoms with van der Waals surface area (Å²) < 4.78 is 1.91. The number of nitrogens with zero attached hydrogens (tertiary/aromatic N) is 4. The van der Waals surface area contributed by atoms with Crippen LogP contribution in [0.25, 0.3) is 0 Å². The van der Waals surface area contributed by atoms with E-state index in [9.17, 15) is 9.59 Å². The Bertz CT molecular complexity index is 761. The number of imidazole rings is 1. The van der Waals surface area contributed by atoms with Crippen molar-refractivity contribution in [3.8, 4) is 6.07 Å². The predicted octanol–water partition coefficient (Wildman–Crippen LogP) is 1.38. The van der Waals surface area contributed by atoms with E-state index >= 15 is 0 Å². The SMILES string of the molecule is N#Cc1ccc(NC(=O)C(=O)N2CCCC2Cn2ccnc2)cc1. The van der Waals surface area contributed by atoms with Gasteiger partial charge in [0.15, 0.2) is 0 Å². The van der Waals surface area contributed by atoms with Gasteiger partial charge in [-0.05, 0) is 37.1 Å². The molecule has 1 aromatic heterocycles. The lowest BCUT2D eigenvalue weighted by molar-refractivity contribution is -0.143. The number of nitriles is 1. The van der Waals surface area contributed by atoms with E-state index in [1.54, 1.807) is 41.7 Å². The molecule has 0 radical (unpaired) electrons. The molecular weight excluding hydrogens is 306 g/mol. The molecule has 2 amide bonds. The van der Waals surface area contributed by atoms with Gasteiger partial charge in [-0.25, -0.2) is 4.98 Å². The number of hydrogen-bond acceptors (Lipinski definition) is 4. The second-order valence-corrected chi connectivity index (χ2v) is 5.70. The normalized spacial score (nSPS) is 16.6. The summed E-state index contributed by atoms with van der Waals surface area (Å²) in [6.07, 6.45) is 7.00. The maximum absolute atomic E-state index is 12.4. The molecule has 1 aromatic carbocycles. The molecule has 1 N–H and O–H groups in total. The highest BCUT2D eigenvalue weighted by molar-refractivity contribution is 6.39. The van der Waals surface area contributed by atoms with Crippen LogP contribution in [0, 0.1) is 11.3 Å². The standard InChI is InChI=1S/C17H17N5O2/c18-10-13-3-5-14(6-4-13)20-16(23)17(24)22-8-1-2-15(22)11-21-9-7-19-12-21/h3-7,9,12,15H,1-2,8,11H2,(H,20,23). The van der Waals surface area contributed by atoms with Crippen LogP contribution in [0.3, 0.4) is 0 Å². The maximum atomic E-state index is 12.4. The number of rotatable bonds is 3. The zero-order valence-electron chi connectivity index (χ0n) is 13.1. The van der Waals surface area contributed by atoms with Crippen molar-refractivity contribution < 1.29 is 9.59 Å². The Morgan fingerprint density at radius 1 is 1.33 bits per heavy atom. The monoisotopic (exact) mass is 323 g/mol. The Labute approximate surface area is 139 Å². The molecule has 0 saturated carbocycles. The first kappa shape index (κ1) is 15.7. The third-order valence-electron chi connectivity index (χ3n) is 4.08. The summed E-state index contributed by atoms with van der Waals surface area (Å²) in [7, 11) is 0. The lowest BCUT2D eigenvalue weighted by Gasteiger charge is -2.24. The summed E-state index contributed by atoms with van der Waals surface area (Å²) in [6, 6.07) is 8.41. The average Bonchev–Trinajstić information content (AvgIpc) is 3.27. The molecule has 0 aliphatic carbocycles. The van der Waals surface area contributed by atoms with E-state index in [4.69, 9.17) is 5.26 Å². The molecule has 2 aromatic rings. The average molecular weight is 323 g/mol. The van der Waals surface area contributed by atoms with Crippen molar-refractivity contribution in [1.29, 1.82) is 5.26 Å². The van der Waals surface area contributed by atoms with Crippen molar-refractivity contribution in [3.05, 3.63) is 48.5 Å². The van der Waals surface area contributed by atoms with Crippen LogP contribution in [-0.2, 0) is 16.1 Å². The molecule has 1 fully saturated rings. The van der Waals surface area contributed by atoms with E-state index in [0.29, 0.717) is 24.3 Å². The summed E-state index contributed by atoms with van der Waals surface area (Å²) in [5.74, 6) is -1.18. The molecule has 1 atom stereocenters. The number of hydrogen-bond donors (Lipinski definition) is 1. The lowest BCUT2D eigenvalue weighted by Crippen LogP contribution is -2.44. The third-order valence-corrected chi connectivity index (χ3v) is 4.08. The molecule has 24 heavy (non-hydrogen) atoms. The first-order valence-electron chi connectivity index (χ1n) is 7.75. The quantitative estimate of drug-likeness (QED) is 0.864. The highest BCUT2D eigenvalue weighted by Gasteiger charge is 2.32. The Hall–Kier alpha value is -3.14. The molecule has 7 nitrogen and oxygen atoms in total. The number of anilines is 1. The topological polar surface area (TPSA) is 91.0 Å². The van der Waals surface area contributed by atoms with Gasteiger partial charge in [0, 0.05) is 31.2 Å². The van der Waals surface area contributed by atoms with Gasteiger partial charge in [-0.2, -0.15) is 5.26 Å². The molecule has 0 bridgehead atoms. The summed E-state index contributed by atoms with van der Waals surface area (Å²) in [6.45, 7) is 1.22. The highest BCUT2D eigenvalue weighted by Crippen LogP contribution is 2.19. The number of benzene rings is 1. The fraction of sp³-hybridized carbons (Fsp3) is 0.294. The molecule has 7 heteroatoms. The van der Waals surface area contributed by atoms with Crippen LogP contribution in [0.4, 0.5) is 5.69 Å². The van der Waals surface area contributed by atoms with Crippen LogP contribution in [0.2, 0.25) is 0 Å². The van der Waals surface area contributed by atoms with Crippen LogP contribution >= 0.6 is 0 Å². The van der Waals surface area contributed by atoms with E-state index in [2.05, 4.69) is 10.3 Å². The van der Waals surface area contributed by atoms with Gasteiger partial charge in [0.25, 0.3) is 0 Å². The molecule has 1 aliphatic heterocycles. The molecule has 1 unspecified atom stereocenters. The van der Waals surface area contributed by atoms with Gasteiger partial charge < -0.3 is 14.8 Å². The van der Waals surface area contributed by atoms with Crippen LogP contribution in [0.5, 0.6) is 0 Å². The number of aromatic nitrogens is 2. The first-order chi connectivity index (χ1) is 11.7. The van der Waals surface area contributed by atoms with Crippen molar-refractivity contribution in [2.75, 3.05) is 11.9 Å². The van der Waals surface area contributed by atoms with E-state index in [0.717, 1.165) is 12.8 Å². The zero-order valence-corrected chi connectivity index (χ0v) is 13.1. The van der Waals surface area contributed by atoms with Crippen LogP contribution in [0.1, 0.15) is 18.4 Å². The minimum atomic E-state index is -0.655. The number of nitrogens with one attached hydrogen (secondary N) is 1. The lowest BCUT2D eigenvalue weighted by atomic mass is 10.2. The van der Waals surface area contributed by atoms with Crippen LogP contribution < -0.4 is 5.32 Å². The molecule has 0 spiro atoms. The molecule has 1 aliphatic rings. The van der Waals surface area contributed by atoms with E-state index in [1.807, 2.05) is 16.8 Å². The van der Waals surface area contributed by atoms with E-state index in [-0.39, 0.29) is 6.04 Å². The summed E-state index contributed by atoms with van der Waals surface area (Å²) in [4.78, 5) is 30.3. The minimum Gasteiger partial charge on any atom is -0.335 e. The first-order valence-corrected chi connectivity index (χ1v) is 7.75. The molecule has 3 rings (SSSR count). The zero-order chi connectivity index (χ0) is 16.9. The van der Waals surface area contributed by atoms with Crippen molar-refractivity contribution in [1.82, 2.24) is 14.5 Å².